The van der Waals surface area contributed by atoms with Crippen molar-refractivity contribution in [3.8, 4) is 0 Å². The van der Waals surface area contributed by atoms with Crippen LogP contribution in [0.25, 0.3) is 0 Å². The number of hydrogen-bond acceptors (Lipinski definition) is 4. The third-order valence-corrected chi connectivity index (χ3v) is 5.84. The van der Waals surface area contributed by atoms with Crippen molar-refractivity contribution >= 4 is 5.78 Å². The van der Waals surface area contributed by atoms with Crippen LogP contribution in [0.4, 0.5) is 0 Å². The quantitative estimate of drug-likeness (QED) is 0.811. The van der Waals surface area contributed by atoms with E-state index in [1.165, 1.54) is 0 Å². The number of carbonyl (C=O) groups excluding carboxylic acids is 1. The van der Waals surface area contributed by atoms with Crippen LogP contribution in [0.15, 0.2) is 24.5 Å². The van der Waals surface area contributed by atoms with Gasteiger partial charge in [-0.1, -0.05) is 20.8 Å². The van der Waals surface area contributed by atoms with Crippen molar-refractivity contribution in [1.29, 1.82) is 0 Å². The molecule has 4 atom stereocenters. The maximum atomic E-state index is 12.6. The molecule has 4 unspecified atom stereocenters. The minimum atomic E-state index is -0.290. The normalized spacial score (nSPS) is 33.7. The number of pyridine rings is 1. The van der Waals surface area contributed by atoms with Gasteiger partial charge >= 0.3 is 0 Å². The van der Waals surface area contributed by atoms with Crippen molar-refractivity contribution in [2.75, 3.05) is 0 Å². The molecule has 2 heterocycles. The van der Waals surface area contributed by atoms with Gasteiger partial charge in [0.1, 0.15) is 11.9 Å². The molecule has 0 aliphatic carbocycles. The average Bonchev–Trinajstić information content (AvgIpc) is 2.57. The van der Waals surface area contributed by atoms with E-state index in [0.29, 0.717) is 12.2 Å². The molecule has 1 aromatic heterocycles. The maximum absolute atomic E-state index is 12.6. The van der Waals surface area contributed by atoms with Crippen LogP contribution < -0.4 is 0 Å². The fourth-order valence-corrected chi connectivity index (χ4v) is 3.56. The lowest BCUT2D eigenvalue weighted by atomic mass is 9.70. The Balaban J connectivity index is 2.35. The number of piperidine rings is 1. The van der Waals surface area contributed by atoms with Gasteiger partial charge in [-0.25, -0.2) is 0 Å². The molecule has 4 heteroatoms. The lowest BCUT2D eigenvalue weighted by molar-refractivity contribution is -0.315. The first-order valence-corrected chi connectivity index (χ1v) is 8.68. The SMILES string of the molecule is CCC1(C)CC(=O)C(C)C(C)(CC)N1OC(C)c1ccncc1. The molecule has 1 aliphatic rings. The fourth-order valence-electron chi connectivity index (χ4n) is 3.56. The number of carbonyl (C=O) groups is 1. The number of nitrogens with zero attached hydrogens (tertiary/aromatic N) is 2. The Kier molecular flexibility index (Phi) is 5.27. The van der Waals surface area contributed by atoms with Crippen LogP contribution in [0, 0.1) is 5.92 Å². The third kappa shape index (κ3) is 3.20. The Bertz CT molecular complexity index is 548. The Hall–Kier alpha value is -1.26. The molecule has 0 radical (unpaired) electrons. The van der Waals surface area contributed by atoms with E-state index in [-0.39, 0.29) is 23.1 Å². The van der Waals surface area contributed by atoms with Gasteiger partial charge in [-0.05, 0) is 51.3 Å². The predicted octanol–water partition coefficient (Wildman–Crippen LogP) is 4.32. The molecule has 0 saturated carbocycles. The van der Waals surface area contributed by atoms with Crippen molar-refractivity contribution in [3.63, 3.8) is 0 Å². The molecule has 0 amide bonds. The van der Waals surface area contributed by atoms with Crippen LogP contribution >= 0.6 is 0 Å². The summed E-state index contributed by atoms with van der Waals surface area (Å²) in [6.45, 7) is 12.7. The molecular formula is C19H30N2O2. The second kappa shape index (κ2) is 6.70. The topological polar surface area (TPSA) is 42.4 Å². The van der Waals surface area contributed by atoms with E-state index in [1.807, 2.05) is 19.1 Å². The second-order valence-corrected chi connectivity index (χ2v) is 7.25. The summed E-state index contributed by atoms with van der Waals surface area (Å²) in [5, 5.41) is 2.14. The van der Waals surface area contributed by atoms with Crippen molar-refractivity contribution < 1.29 is 9.63 Å². The van der Waals surface area contributed by atoms with Gasteiger partial charge in [-0.3, -0.25) is 14.6 Å². The Morgan fingerprint density at radius 1 is 1.30 bits per heavy atom. The molecule has 23 heavy (non-hydrogen) atoms. The van der Waals surface area contributed by atoms with Gasteiger partial charge in [0.05, 0.1) is 11.1 Å². The number of rotatable bonds is 5. The van der Waals surface area contributed by atoms with Gasteiger partial charge in [0.15, 0.2) is 0 Å². The number of hydrogen-bond donors (Lipinski definition) is 0. The van der Waals surface area contributed by atoms with E-state index >= 15 is 0 Å². The van der Waals surface area contributed by atoms with E-state index in [2.05, 4.69) is 44.7 Å². The minimum absolute atomic E-state index is 0.0308. The predicted molar refractivity (Wildman–Crippen MR) is 91.8 cm³/mol. The number of ketones is 1. The van der Waals surface area contributed by atoms with Crippen LogP contribution in [-0.4, -0.2) is 26.9 Å². The van der Waals surface area contributed by atoms with Gasteiger partial charge in [0.25, 0.3) is 0 Å². The Labute approximate surface area is 140 Å². The summed E-state index contributed by atoms with van der Waals surface area (Å²) >= 11 is 0. The standard InChI is InChI=1S/C19H30N2O2/c1-7-18(5)13-17(22)14(3)19(6,8-2)21(18)23-15(4)16-9-11-20-12-10-16/h9-12,14-15H,7-8,13H2,1-6H3. The van der Waals surface area contributed by atoms with Crippen molar-refractivity contribution in [2.24, 2.45) is 5.92 Å². The first kappa shape index (κ1) is 18.1. The molecule has 4 nitrogen and oxygen atoms in total. The molecule has 0 N–H and O–H groups in total. The smallest absolute Gasteiger partial charge is 0.139 e. The molecule has 0 aromatic carbocycles. The molecule has 1 fully saturated rings. The molecule has 2 rings (SSSR count). The first-order valence-electron chi connectivity index (χ1n) is 8.68. The van der Waals surface area contributed by atoms with E-state index in [4.69, 9.17) is 4.84 Å². The lowest BCUT2D eigenvalue weighted by Gasteiger charge is -2.56. The highest BCUT2D eigenvalue weighted by molar-refractivity contribution is 5.84. The molecule has 1 aliphatic heterocycles. The summed E-state index contributed by atoms with van der Waals surface area (Å²) < 4.78 is 0. The van der Waals surface area contributed by atoms with Gasteiger partial charge in [0, 0.05) is 24.7 Å². The van der Waals surface area contributed by atoms with Gasteiger partial charge < -0.3 is 0 Å². The summed E-state index contributed by atoms with van der Waals surface area (Å²) in [6, 6.07) is 3.96. The minimum Gasteiger partial charge on any atom is -0.299 e. The average molecular weight is 318 g/mol. The highest BCUT2D eigenvalue weighted by Gasteiger charge is 2.54. The van der Waals surface area contributed by atoms with Gasteiger partial charge in [0.2, 0.25) is 0 Å². The number of aromatic nitrogens is 1. The van der Waals surface area contributed by atoms with Crippen molar-refractivity contribution in [2.45, 2.75) is 78.0 Å². The number of hydroxylamine groups is 2. The molecule has 128 valence electrons. The van der Waals surface area contributed by atoms with E-state index in [0.717, 1.165) is 18.4 Å². The zero-order valence-electron chi connectivity index (χ0n) is 15.3. The van der Waals surface area contributed by atoms with E-state index in [9.17, 15) is 4.79 Å². The maximum Gasteiger partial charge on any atom is 0.139 e. The van der Waals surface area contributed by atoms with Gasteiger partial charge in [-0.15, -0.1) is 0 Å². The third-order valence-electron chi connectivity index (χ3n) is 5.84. The number of Topliss-reactive ketones (excluding diaryl/α,β-unsaturated/α-hetero) is 1. The van der Waals surface area contributed by atoms with E-state index < -0.39 is 0 Å². The van der Waals surface area contributed by atoms with Gasteiger partial charge in [-0.2, -0.15) is 5.06 Å². The molecule has 1 saturated heterocycles. The first-order chi connectivity index (χ1) is 10.8. The van der Waals surface area contributed by atoms with Crippen LogP contribution in [0.1, 0.15) is 72.5 Å². The summed E-state index contributed by atoms with van der Waals surface area (Å²) in [5.41, 5.74) is 0.540. The summed E-state index contributed by atoms with van der Waals surface area (Å²) in [7, 11) is 0. The second-order valence-electron chi connectivity index (χ2n) is 7.25. The lowest BCUT2D eigenvalue weighted by Crippen LogP contribution is -2.66. The van der Waals surface area contributed by atoms with E-state index in [1.54, 1.807) is 12.4 Å². The summed E-state index contributed by atoms with van der Waals surface area (Å²) in [6.07, 6.45) is 5.80. The zero-order valence-corrected chi connectivity index (χ0v) is 15.3. The highest BCUT2D eigenvalue weighted by Crippen LogP contribution is 2.45. The van der Waals surface area contributed by atoms with Crippen molar-refractivity contribution in [3.05, 3.63) is 30.1 Å². The van der Waals surface area contributed by atoms with Crippen LogP contribution in [0.2, 0.25) is 0 Å². The molecule has 1 aromatic rings. The zero-order chi connectivity index (χ0) is 17.3. The Morgan fingerprint density at radius 2 is 1.91 bits per heavy atom. The summed E-state index contributed by atoms with van der Waals surface area (Å²) in [4.78, 5) is 23.1. The van der Waals surface area contributed by atoms with Crippen molar-refractivity contribution in [1.82, 2.24) is 10.0 Å². The monoisotopic (exact) mass is 318 g/mol. The largest absolute Gasteiger partial charge is 0.299 e. The molecule has 0 spiro atoms. The highest BCUT2D eigenvalue weighted by atomic mass is 16.7. The molecule has 0 bridgehead atoms. The van der Waals surface area contributed by atoms with Crippen LogP contribution in [-0.2, 0) is 9.63 Å². The molecular weight excluding hydrogens is 288 g/mol. The Morgan fingerprint density at radius 3 is 2.43 bits per heavy atom. The van der Waals surface area contributed by atoms with Crippen LogP contribution in [0.5, 0.6) is 0 Å². The summed E-state index contributed by atoms with van der Waals surface area (Å²) in [5.74, 6) is 0.312. The van der Waals surface area contributed by atoms with Crippen LogP contribution in [0.3, 0.4) is 0 Å². The fraction of sp³-hybridized carbons (Fsp3) is 0.684.